The van der Waals surface area contributed by atoms with Crippen molar-refractivity contribution in [3.63, 3.8) is 0 Å². The average molecular weight is 350 g/mol. The first-order chi connectivity index (χ1) is 10.1. The Hall–Kier alpha value is -1.56. The summed E-state index contributed by atoms with van der Waals surface area (Å²) in [5, 5.41) is 3.41. The van der Waals surface area contributed by atoms with Gasteiger partial charge in [-0.05, 0) is 40.9 Å². The van der Waals surface area contributed by atoms with E-state index in [4.69, 9.17) is 4.98 Å². The molecule has 0 amide bonds. The SMILES string of the molecule is Cc1cc(Br)cn2cc(CCNC3=NCCCN3C)nc12. The first kappa shape index (κ1) is 14.4. The molecule has 0 bridgehead atoms. The van der Waals surface area contributed by atoms with Crippen molar-refractivity contribution in [1.82, 2.24) is 19.6 Å². The number of rotatable bonds is 3. The van der Waals surface area contributed by atoms with Crippen molar-refractivity contribution in [2.24, 2.45) is 4.99 Å². The smallest absolute Gasteiger partial charge is 0.193 e. The van der Waals surface area contributed by atoms with Crippen LogP contribution < -0.4 is 5.32 Å². The quantitative estimate of drug-likeness (QED) is 0.923. The lowest BCUT2D eigenvalue weighted by atomic mass is 10.3. The van der Waals surface area contributed by atoms with E-state index in [1.165, 1.54) is 5.56 Å². The third kappa shape index (κ3) is 3.20. The summed E-state index contributed by atoms with van der Waals surface area (Å²) in [6.07, 6.45) is 6.18. The summed E-state index contributed by atoms with van der Waals surface area (Å²) in [7, 11) is 2.08. The first-order valence-corrected chi connectivity index (χ1v) is 8.06. The molecule has 1 N–H and O–H groups in total. The molecule has 0 aromatic carbocycles. The Morgan fingerprint density at radius 3 is 3.05 bits per heavy atom. The number of aryl methyl sites for hydroxylation is 1. The van der Waals surface area contributed by atoms with Gasteiger partial charge in [-0.2, -0.15) is 0 Å². The Balaban J connectivity index is 1.66. The average Bonchev–Trinajstić information content (AvgIpc) is 2.84. The number of nitrogens with zero attached hydrogens (tertiary/aromatic N) is 4. The molecule has 0 saturated heterocycles. The second-order valence-corrected chi connectivity index (χ2v) is 6.38. The van der Waals surface area contributed by atoms with Gasteiger partial charge in [-0.1, -0.05) is 0 Å². The Labute approximate surface area is 133 Å². The van der Waals surface area contributed by atoms with Crippen molar-refractivity contribution in [2.45, 2.75) is 19.8 Å². The van der Waals surface area contributed by atoms with Crippen LogP contribution in [0.25, 0.3) is 5.65 Å². The van der Waals surface area contributed by atoms with E-state index in [1.54, 1.807) is 0 Å². The molecular formula is C15H20BrN5. The maximum atomic E-state index is 4.70. The monoisotopic (exact) mass is 349 g/mol. The lowest BCUT2D eigenvalue weighted by molar-refractivity contribution is 0.446. The molecule has 0 aliphatic carbocycles. The van der Waals surface area contributed by atoms with Crippen molar-refractivity contribution < 1.29 is 0 Å². The summed E-state index contributed by atoms with van der Waals surface area (Å²) in [6.45, 7) is 4.94. The number of fused-ring (bicyclic) bond motifs is 1. The summed E-state index contributed by atoms with van der Waals surface area (Å²) < 4.78 is 3.16. The minimum atomic E-state index is 0.854. The molecule has 3 rings (SSSR count). The largest absolute Gasteiger partial charge is 0.356 e. The van der Waals surface area contributed by atoms with E-state index < -0.39 is 0 Å². The highest BCUT2D eigenvalue weighted by Gasteiger charge is 2.10. The van der Waals surface area contributed by atoms with E-state index >= 15 is 0 Å². The van der Waals surface area contributed by atoms with E-state index in [2.05, 4.69) is 61.8 Å². The molecule has 0 unspecified atom stereocenters. The van der Waals surface area contributed by atoms with Crippen molar-refractivity contribution in [2.75, 3.05) is 26.7 Å². The van der Waals surface area contributed by atoms with Gasteiger partial charge in [0.25, 0.3) is 0 Å². The highest BCUT2D eigenvalue weighted by Crippen LogP contribution is 2.17. The number of nitrogens with one attached hydrogen (secondary N) is 1. The molecule has 3 heterocycles. The van der Waals surface area contributed by atoms with Gasteiger partial charge in [-0.15, -0.1) is 0 Å². The molecule has 1 aliphatic heterocycles. The van der Waals surface area contributed by atoms with Crippen LogP contribution in [0.1, 0.15) is 17.7 Å². The van der Waals surface area contributed by atoms with E-state index in [-0.39, 0.29) is 0 Å². The Morgan fingerprint density at radius 1 is 1.38 bits per heavy atom. The maximum absolute atomic E-state index is 4.70. The first-order valence-electron chi connectivity index (χ1n) is 7.26. The lowest BCUT2D eigenvalue weighted by Crippen LogP contribution is -2.42. The van der Waals surface area contributed by atoms with Gasteiger partial charge in [0.2, 0.25) is 0 Å². The fraction of sp³-hybridized carbons (Fsp3) is 0.467. The summed E-state index contributed by atoms with van der Waals surface area (Å²) in [4.78, 5) is 11.4. The fourth-order valence-electron chi connectivity index (χ4n) is 2.61. The van der Waals surface area contributed by atoms with Crippen LogP contribution in [0.5, 0.6) is 0 Å². The molecule has 0 fully saturated rings. The molecule has 112 valence electrons. The zero-order valence-corrected chi connectivity index (χ0v) is 14.0. The van der Waals surface area contributed by atoms with Crippen molar-refractivity contribution >= 4 is 27.5 Å². The van der Waals surface area contributed by atoms with Crippen molar-refractivity contribution in [3.8, 4) is 0 Å². The van der Waals surface area contributed by atoms with E-state index in [9.17, 15) is 0 Å². The fourth-order valence-corrected chi connectivity index (χ4v) is 3.17. The molecule has 0 spiro atoms. The summed E-state index contributed by atoms with van der Waals surface area (Å²) in [5.74, 6) is 1.00. The number of halogens is 1. The van der Waals surface area contributed by atoms with Gasteiger partial charge < -0.3 is 14.6 Å². The molecule has 2 aromatic heterocycles. The van der Waals surface area contributed by atoms with Gasteiger partial charge in [0.1, 0.15) is 5.65 Å². The van der Waals surface area contributed by atoms with Crippen LogP contribution in [0.15, 0.2) is 27.9 Å². The number of hydrogen-bond acceptors (Lipinski definition) is 4. The molecule has 6 heteroatoms. The van der Waals surface area contributed by atoms with Crippen molar-refractivity contribution in [1.29, 1.82) is 0 Å². The predicted molar refractivity (Wildman–Crippen MR) is 88.9 cm³/mol. The summed E-state index contributed by atoms with van der Waals surface area (Å²) in [6, 6.07) is 2.09. The number of aromatic nitrogens is 2. The summed E-state index contributed by atoms with van der Waals surface area (Å²) >= 11 is 3.52. The highest BCUT2D eigenvalue weighted by atomic mass is 79.9. The maximum Gasteiger partial charge on any atom is 0.193 e. The highest BCUT2D eigenvalue weighted by molar-refractivity contribution is 9.10. The van der Waals surface area contributed by atoms with Gasteiger partial charge in [-0.25, -0.2) is 4.98 Å². The Morgan fingerprint density at radius 2 is 2.24 bits per heavy atom. The van der Waals surface area contributed by atoms with E-state index in [0.717, 1.165) is 54.2 Å². The topological polar surface area (TPSA) is 44.9 Å². The minimum absolute atomic E-state index is 0.854. The zero-order chi connectivity index (χ0) is 14.8. The van der Waals surface area contributed by atoms with Crippen LogP contribution in [-0.2, 0) is 6.42 Å². The number of pyridine rings is 1. The lowest BCUT2D eigenvalue weighted by Gasteiger charge is -2.25. The Bertz CT molecular complexity index is 676. The third-order valence-electron chi connectivity index (χ3n) is 3.69. The van der Waals surface area contributed by atoms with Crippen LogP contribution >= 0.6 is 15.9 Å². The van der Waals surface area contributed by atoms with Crippen LogP contribution in [0, 0.1) is 6.92 Å². The van der Waals surface area contributed by atoms with Crippen molar-refractivity contribution in [3.05, 3.63) is 34.2 Å². The Kier molecular flexibility index (Phi) is 4.14. The van der Waals surface area contributed by atoms with Crippen LogP contribution in [0.2, 0.25) is 0 Å². The van der Waals surface area contributed by atoms with E-state index in [1.807, 2.05) is 6.20 Å². The number of aliphatic imine (C=N–C) groups is 1. The third-order valence-corrected chi connectivity index (χ3v) is 4.12. The molecule has 0 radical (unpaired) electrons. The molecule has 0 saturated carbocycles. The second-order valence-electron chi connectivity index (χ2n) is 5.46. The second kappa shape index (κ2) is 6.05. The number of imidazole rings is 1. The van der Waals surface area contributed by atoms with Gasteiger partial charge in [0.05, 0.1) is 5.69 Å². The normalized spacial score (nSPS) is 15.4. The van der Waals surface area contributed by atoms with Gasteiger partial charge >= 0.3 is 0 Å². The van der Waals surface area contributed by atoms with Gasteiger partial charge in [0.15, 0.2) is 5.96 Å². The predicted octanol–water partition coefficient (Wildman–Crippen LogP) is 2.23. The molecule has 21 heavy (non-hydrogen) atoms. The van der Waals surface area contributed by atoms with Gasteiger partial charge in [0, 0.05) is 50.0 Å². The molecule has 1 aliphatic rings. The molecule has 2 aromatic rings. The van der Waals surface area contributed by atoms with Crippen LogP contribution in [0.3, 0.4) is 0 Å². The molecule has 0 atom stereocenters. The van der Waals surface area contributed by atoms with E-state index in [0.29, 0.717) is 0 Å². The minimum Gasteiger partial charge on any atom is -0.356 e. The number of guanidine groups is 1. The van der Waals surface area contributed by atoms with Crippen LogP contribution in [-0.4, -0.2) is 46.9 Å². The van der Waals surface area contributed by atoms with Crippen LogP contribution in [0.4, 0.5) is 0 Å². The standard InChI is InChI=1S/C15H20BrN5/c1-11-8-12(16)9-21-10-13(19-14(11)21)4-6-18-15-17-5-3-7-20(15)2/h8-10H,3-7H2,1-2H3,(H,17,18). The molecular weight excluding hydrogens is 330 g/mol. The van der Waals surface area contributed by atoms with Gasteiger partial charge in [-0.3, -0.25) is 4.99 Å². The zero-order valence-electron chi connectivity index (χ0n) is 12.4. The summed E-state index contributed by atoms with van der Waals surface area (Å²) in [5.41, 5.74) is 3.31. The molecule has 5 nitrogen and oxygen atoms in total. The number of hydrogen-bond donors (Lipinski definition) is 1.